The van der Waals surface area contributed by atoms with Gasteiger partial charge in [-0.2, -0.15) is 0 Å². The van der Waals surface area contributed by atoms with Crippen molar-refractivity contribution in [1.29, 1.82) is 0 Å². The first kappa shape index (κ1) is 9.73. The van der Waals surface area contributed by atoms with Crippen LogP contribution >= 0.6 is 11.3 Å². The molecule has 0 N–H and O–H groups in total. The van der Waals surface area contributed by atoms with E-state index in [4.69, 9.17) is 0 Å². The molecule has 0 amide bonds. The molecule has 0 bridgehead atoms. The lowest BCUT2D eigenvalue weighted by Gasteiger charge is -2.00. The number of hydrogen-bond donors (Lipinski definition) is 0. The predicted octanol–water partition coefficient (Wildman–Crippen LogP) is 3.50. The molecular formula is C13H11NOS. The Hall–Kier alpha value is -1.48. The van der Waals surface area contributed by atoms with Crippen molar-refractivity contribution in [3.8, 4) is 10.6 Å². The molecule has 0 spiro atoms. The Labute approximate surface area is 98.0 Å². The highest BCUT2D eigenvalue weighted by Crippen LogP contribution is 2.41. The highest BCUT2D eigenvalue weighted by atomic mass is 32.1. The quantitative estimate of drug-likeness (QED) is 0.754. The minimum absolute atomic E-state index is 0.687. The molecule has 0 radical (unpaired) electrons. The highest BCUT2D eigenvalue weighted by molar-refractivity contribution is 7.16. The van der Waals surface area contributed by atoms with Gasteiger partial charge < -0.3 is 0 Å². The van der Waals surface area contributed by atoms with E-state index in [0.29, 0.717) is 4.88 Å². The first-order valence-electron chi connectivity index (χ1n) is 5.38. The SMILES string of the molecule is O=Cc1cnc(-c2cccc(C3CC3)c2)s1. The zero-order valence-electron chi connectivity index (χ0n) is 8.72. The van der Waals surface area contributed by atoms with E-state index in [9.17, 15) is 4.79 Å². The van der Waals surface area contributed by atoms with E-state index in [-0.39, 0.29) is 0 Å². The molecule has 16 heavy (non-hydrogen) atoms. The number of hydrogen-bond acceptors (Lipinski definition) is 3. The van der Waals surface area contributed by atoms with Crippen molar-refractivity contribution in [3.05, 3.63) is 40.9 Å². The van der Waals surface area contributed by atoms with Crippen LogP contribution in [0.25, 0.3) is 10.6 Å². The van der Waals surface area contributed by atoms with Gasteiger partial charge in [0.15, 0.2) is 6.29 Å². The van der Waals surface area contributed by atoms with E-state index in [1.165, 1.54) is 29.7 Å². The summed E-state index contributed by atoms with van der Waals surface area (Å²) in [6.45, 7) is 0. The smallest absolute Gasteiger partial charge is 0.161 e. The molecule has 1 saturated carbocycles. The first-order valence-corrected chi connectivity index (χ1v) is 6.20. The van der Waals surface area contributed by atoms with E-state index in [2.05, 4.69) is 29.2 Å². The van der Waals surface area contributed by atoms with Crippen LogP contribution in [0.2, 0.25) is 0 Å². The van der Waals surface area contributed by atoms with Crippen LogP contribution in [0.15, 0.2) is 30.5 Å². The van der Waals surface area contributed by atoms with Gasteiger partial charge in [0.25, 0.3) is 0 Å². The van der Waals surface area contributed by atoms with Crippen molar-refractivity contribution in [2.45, 2.75) is 18.8 Å². The number of thiazole rings is 1. The fraction of sp³-hybridized carbons (Fsp3) is 0.231. The molecular weight excluding hydrogens is 218 g/mol. The predicted molar refractivity (Wildman–Crippen MR) is 64.9 cm³/mol. The summed E-state index contributed by atoms with van der Waals surface area (Å²) in [6.07, 6.45) is 5.10. The van der Waals surface area contributed by atoms with Gasteiger partial charge in [0.2, 0.25) is 0 Å². The van der Waals surface area contributed by atoms with Crippen LogP contribution in [0.5, 0.6) is 0 Å². The van der Waals surface area contributed by atoms with Gasteiger partial charge in [0.1, 0.15) is 5.01 Å². The summed E-state index contributed by atoms with van der Waals surface area (Å²) < 4.78 is 0. The Bertz CT molecular complexity index is 528. The zero-order chi connectivity index (χ0) is 11.0. The van der Waals surface area contributed by atoms with Crippen LogP contribution in [0.1, 0.15) is 34.0 Å². The van der Waals surface area contributed by atoms with Crippen LogP contribution in [0.3, 0.4) is 0 Å². The van der Waals surface area contributed by atoms with Gasteiger partial charge in [0.05, 0.1) is 4.88 Å². The normalized spacial score (nSPS) is 15.0. The Morgan fingerprint density at radius 1 is 1.38 bits per heavy atom. The van der Waals surface area contributed by atoms with E-state index < -0.39 is 0 Å². The minimum Gasteiger partial charge on any atom is -0.297 e. The standard InChI is InChI=1S/C13H11NOS/c15-8-12-7-14-13(16-12)11-3-1-2-10(6-11)9-4-5-9/h1-3,6-9H,4-5H2. The van der Waals surface area contributed by atoms with Crippen molar-refractivity contribution in [1.82, 2.24) is 4.98 Å². The molecule has 2 nitrogen and oxygen atoms in total. The lowest BCUT2D eigenvalue weighted by molar-refractivity contribution is 0.112. The topological polar surface area (TPSA) is 30.0 Å². The largest absolute Gasteiger partial charge is 0.297 e. The maximum atomic E-state index is 10.6. The summed E-state index contributed by atoms with van der Waals surface area (Å²) in [4.78, 5) is 15.6. The van der Waals surface area contributed by atoms with E-state index in [0.717, 1.165) is 22.8 Å². The van der Waals surface area contributed by atoms with E-state index in [1.54, 1.807) is 6.20 Å². The van der Waals surface area contributed by atoms with E-state index in [1.807, 2.05) is 0 Å². The first-order chi connectivity index (χ1) is 7.86. The molecule has 1 aromatic heterocycles. The molecule has 1 fully saturated rings. The monoisotopic (exact) mass is 229 g/mol. The van der Waals surface area contributed by atoms with Gasteiger partial charge in [-0.1, -0.05) is 18.2 Å². The lowest BCUT2D eigenvalue weighted by Crippen LogP contribution is -1.81. The number of carbonyl (C=O) groups excluding carboxylic acids is 1. The highest BCUT2D eigenvalue weighted by Gasteiger charge is 2.23. The summed E-state index contributed by atoms with van der Waals surface area (Å²) in [6, 6.07) is 8.50. The van der Waals surface area contributed by atoms with Gasteiger partial charge in [-0.25, -0.2) is 4.98 Å². The second kappa shape index (κ2) is 3.83. The van der Waals surface area contributed by atoms with Crippen LogP contribution in [0.4, 0.5) is 0 Å². The number of aromatic nitrogens is 1. The van der Waals surface area contributed by atoms with Gasteiger partial charge >= 0.3 is 0 Å². The molecule has 0 atom stereocenters. The fourth-order valence-electron chi connectivity index (χ4n) is 1.82. The third-order valence-corrected chi connectivity index (χ3v) is 3.79. The van der Waals surface area contributed by atoms with Gasteiger partial charge in [0, 0.05) is 11.8 Å². The van der Waals surface area contributed by atoms with Crippen molar-refractivity contribution >= 4 is 17.6 Å². The Morgan fingerprint density at radius 3 is 2.94 bits per heavy atom. The third-order valence-electron chi connectivity index (χ3n) is 2.82. The molecule has 0 aliphatic heterocycles. The third kappa shape index (κ3) is 1.78. The maximum absolute atomic E-state index is 10.6. The fourth-order valence-corrected chi connectivity index (χ4v) is 2.54. The van der Waals surface area contributed by atoms with E-state index >= 15 is 0 Å². The second-order valence-corrected chi connectivity index (χ2v) is 5.15. The Balaban J connectivity index is 1.98. The number of nitrogens with zero attached hydrogens (tertiary/aromatic N) is 1. The van der Waals surface area contributed by atoms with Crippen molar-refractivity contribution < 1.29 is 4.79 Å². The molecule has 1 heterocycles. The van der Waals surface area contributed by atoms with Gasteiger partial charge in [-0.05, 0) is 30.4 Å². The van der Waals surface area contributed by atoms with Crippen molar-refractivity contribution in [2.24, 2.45) is 0 Å². The van der Waals surface area contributed by atoms with Gasteiger partial charge in [-0.15, -0.1) is 11.3 Å². The molecule has 1 aromatic carbocycles. The summed E-state index contributed by atoms with van der Waals surface area (Å²) >= 11 is 1.45. The second-order valence-electron chi connectivity index (χ2n) is 4.09. The molecule has 3 heteroatoms. The molecule has 0 saturated heterocycles. The van der Waals surface area contributed by atoms with Crippen molar-refractivity contribution in [2.75, 3.05) is 0 Å². The zero-order valence-corrected chi connectivity index (χ0v) is 9.54. The maximum Gasteiger partial charge on any atom is 0.161 e. The molecule has 3 rings (SSSR count). The lowest BCUT2D eigenvalue weighted by atomic mass is 10.1. The number of benzene rings is 1. The molecule has 2 aromatic rings. The average molecular weight is 229 g/mol. The molecule has 80 valence electrons. The van der Waals surface area contributed by atoms with Crippen LogP contribution < -0.4 is 0 Å². The summed E-state index contributed by atoms with van der Waals surface area (Å²) in [7, 11) is 0. The molecule has 1 aliphatic carbocycles. The average Bonchev–Trinajstić information content (AvgIpc) is 3.07. The number of carbonyl (C=O) groups is 1. The van der Waals surface area contributed by atoms with Crippen LogP contribution in [-0.4, -0.2) is 11.3 Å². The Morgan fingerprint density at radius 2 is 2.25 bits per heavy atom. The number of rotatable bonds is 3. The Kier molecular flexibility index (Phi) is 2.33. The summed E-state index contributed by atoms with van der Waals surface area (Å²) in [5.74, 6) is 0.755. The molecule has 0 unspecified atom stereocenters. The summed E-state index contributed by atoms with van der Waals surface area (Å²) in [5, 5.41) is 0.935. The minimum atomic E-state index is 0.687. The molecule has 1 aliphatic rings. The summed E-state index contributed by atoms with van der Waals surface area (Å²) in [5.41, 5.74) is 2.53. The van der Waals surface area contributed by atoms with Crippen molar-refractivity contribution in [3.63, 3.8) is 0 Å². The van der Waals surface area contributed by atoms with Crippen LogP contribution in [0, 0.1) is 0 Å². The number of aldehydes is 1. The van der Waals surface area contributed by atoms with Crippen LogP contribution in [-0.2, 0) is 0 Å². The van der Waals surface area contributed by atoms with Gasteiger partial charge in [-0.3, -0.25) is 4.79 Å².